The molecule has 2 aromatic heterocycles. The molecule has 0 unspecified atom stereocenters. The standard InChI is InChI=1S/C26H22BrN3O3S/c1-33-23-9-5-4-8-21(23)30-25(32)19-14-17-6-2-3-7-20(17)28-24(19)29-26(30)34-15-22(31)16-10-12-18(27)13-11-16/h4-5,8-14H,2-3,6-7,15H2,1H3. The number of aromatic nitrogens is 3. The molecule has 2 heterocycles. The first-order valence-corrected chi connectivity index (χ1v) is 12.8. The Morgan fingerprint density at radius 2 is 1.85 bits per heavy atom. The van der Waals surface area contributed by atoms with Crippen LogP contribution in [0.2, 0.25) is 0 Å². The Bertz CT molecular complexity index is 1450. The van der Waals surface area contributed by atoms with Gasteiger partial charge in [0.25, 0.3) is 5.56 Å². The van der Waals surface area contributed by atoms with Crippen molar-refractivity contribution in [3.63, 3.8) is 0 Å². The summed E-state index contributed by atoms with van der Waals surface area (Å²) >= 11 is 4.62. The van der Waals surface area contributed by atoms with Gasteiger partial charge in [-0.3, -0.25) is 14.2 Å². The van der Waals surface area contributed by atoms with Crippen molar-refractivity contribution in [2.45, 2.75) is 30.8 Å². The first-order chi connectivity index (χ1) is 16.5. The Kier molecular flexibility index (Phi) is 6.52. The van der Waals surface area contributed by atoms with Gasteiger partial charge in [0.2, 0.25) is 0 Å². The number of aryl methyl sites for hydroxylation is 2. The molecule has 0 saturated heterocycles. The van der Waals surface area contributed by atoms with E-state index in [0.29, 0.717) is 33.2 Å². The number of carbonyl (C=O) groups excluding carboxylic acids is 1. The van der Waals surface area contributed by atoms with Gasteiger partial charge in [0.05, 0.1) is 23.9 Å². The molecule has 0 saturated carbocycles. The van der Waals surface area contributed by atoms with Gasteiger partial charge < -0.3 is 4.74 Å². The molecule has 1 aliphatic rings. The lowest BCUT2D eigenvalue weighted by atomic mass is 9.95. The molecule has 0 aliphatic heterocycles. The average Bonchev–Trinajstić information content (AvgIpc) is 2.87. The van der Waals surface area contributed by atoms with E-state index in [9.17, 15) is 9.59 Å². The fourth-order valence-corrected chi connectivity index (χ4v) is 5.34. The molecule has 6 nitrogen and oxygen atoms in total. The second kappa shape index (κ2) is 9.72. The largest absolute Gasteiger partial charge is 0.495 e. The lowest BCUT2D eigenvalue weighted by Gasteiger charge is -2.18. The minimum Gasteiger partial charge on any atom is -0.495 e. The Labute approximate surface area is 209 Å². The molecule has 0 spiro atoms. The van der Waals surface area contributed by atoms with Crippen LogP contribution in [-0.4, -0.2) is 33.2 Å². The van der Waals surface area contributed by atoms with Crippen LogP contribution in [0.4, 0.5) is 0 Å². The third-order valence-corrected chi connectivity index (χ3v) is 7.40. The van der Waals surface area contributed by atoms with Crippen molar-refractivity contribution in [3.05, 3.63) is 86.2 Å². The number of rotatable bonds is 6. The zero-order valence-corrected chi connectivity index (χ0v) is 21.0. The average molecular weight is 536 g/mol. The van der Waals surface area contributed by atoms with Crippen LogP contribution < -0.4 is 10.3 Å². The van der Waals surface area contributed by atoms with E-state index in [1.807, 2.05) is 36.4 Å². The van der Waals surface area contributed by atoms with Gasteiger partial charge in [-0.15, -0.1) is 0 Å². The van der Waals surface area contributed by atoms with Crippen LogP contribution in [-0.2, 0) is 12.8 Å². The number of ketones is 1. The number of hydrogen-bond acceptors (Lipinski definition) is 6. The summed E-state index contributed by atoms with van der Waals surface area (Å²) in [6.45, 7) is 0. The topological polar surface area (TPSA) is 74.1 Å². The van der Waals surface area contributed by atoms with E-state index in [-0.39, 0.29) is 17.1 Å². The minimum absolute atomic E-state index is 0.0446. The predicted molar refractivity (Wildman–Crippen MR) is 138 cm³/mol. The molecule has 0 bridgehead atoms. The zero-order chi connectivity index (χ0) is 23.7. The summed E-state index contributed by atoms with van der Waals surface area (Å²) < 4.78 is 7.98. The van der Waals surface area contributed by atoms with E-state index in [4.69, 9.17) is 14.7 Å². The second-order valence-corrected chi connectivity index (χ2v) is 9.96. The third-order valence-electron chi connectivity index (χ3n) is 5.93. The molecular formula is C26H22BrN3O3S. The SMILES string of the molecule is COc1ccccc1-n1c(SCC(=O)c2ccc(Br)cc2)nc2nc3c(cc2c1=O)CCCC3. The summed E-state index contributed by atoms with van der Waals surface area (Å²) in [6, 6.07) is 16.5. The van der Waals surface area contributed by atoms with Gasteiger partial charge in [0.1, 0.15) is 5.75 Å². The Morgan fingerprint density at radius 1 is 1.09 bits per heavy atom. The normalized spacial score (nSPS) is 13.0. The predicted octanol–water partition coefficient (Wildman–Crippen LogP) is 5.41. The summed E-state index contributed by atoms with van der Waals surface area (Å²) in [7, 11) is 1.57. The highest BCUT2D eigenvalue weighted by Gasteiger charge is 2.21. The van der Waals surface area contributed by atoms with Gasteiger partial charge >= 0.3 is 0 Å². The number of carbonyl (C=O) groups is 1. The van der Waals surface area contributed by atoms with Crippen molar-refractivity contribution in [1.82, 2.24) is 14.5 Å². The molecule has 0 atom stereocenters. The first-order valence-electron chi connectivity index (χ1n) is 11.1. The van der Waals surface area contributed by atoms with Crippen LogP contribution in [0, 0.1) is 0 Å². The van der Waals surface area contributed by atoms with Crippen molar-refractivity contribution >= 4 is 44.5 Å². The molecule has 0 fully saturated rings. The van der Waals surface area contributed by atoms with Gasteiger partial charge in [-0.25, -0.2) is 9.97 Å². The fraction of sp³-hybridized carbons (Fsp3) is 0.231. The van der Waals surface area contributed by atoms with Gasteiger partial charge in [-0.05, 0) is 61.6 Å². The highest BCUT2D eigenvalue weighted by Crippen LogP contribution is 2.29. The molecule has 172 valence electrons. The van der Waals surface area contributed by atoms with E-state index in [1.54, 1.807) is 25.3 Å². The van der Waals surface area contributed by atoms with Crippen molar-refractivity contribution < 1.29 is 9.53 Å². The van der Waals surface area contributed by atoms with Crippen LogP contribution in [0.3, 0.4) is 0 Å². The molecule has 34 heavy (non-hydrogen) atoms. The van der Waals surface area contributed by atoms with Crippen molar-refractivity contribution in [3.8, 4) is 11.4 Å². The molecule has 2 aromatic carbocycles. The lowest BCUT2D eigenvalue weighted by Crippen LogP contribution is -2.24. The van der Waals surface area contributed by atoms with Crippen LogP contribution >= 0.6 is 27.7 Å². The number of halogens is 1. The van der Waals surface area contributed by atoms with E-state index in [1.165, 1.54) is 16.3 Å². The Hall–Kier alpha value is -2.97. The smallest absolute Gasteiger partial charge is 0.268 e. The van der Waals surface area contributed by atoms with Crippen LogP contribution in [0.5, 0.6) is 5.75 Å². The van der Waals surface area contributed by atoms with Gasteiger partial charge in [-0.2, -0.15) is 0 Å². The minimum atomic E-state index is -0.214. The molecule has 1 aliphatic carbocycles. The molecule has 5 rings (SSSR count). The number of benzene rings is 2. The quantitative estimate of drug-likeness (QED) is 0.187. The van der Waals surface area contributed by atoms with E-state index in [0.717, 1.165) is 41.4 Å². The monoisotopic (exact) mass is 535 g/mol. The highest BCUT2D eigenvalue weighted by molar-refractivity contribution is 9.10. The second-order valence-electron chi connectivity index (χ2n) is 8.10. The number of methoxy groups -OCH3 is 1. The van der Waals surface area contributed by atoms with Crippen molar-refractivity contribution in [1.29, 1.82) is 0 Å². The molecule has 8 heteroatoms. The van der Waals surface area contributed by atoms with Gasteiger partial charge in [-0.1, -0.05) is 52.0 Å². The van der Waals surface area contributed by atoms with Crippen LogP contribution in [0.25, 0.3) is 16.7 Å². The number of hydrogen-bond donors (Lipinski definition) is 0. The summed E-state index contributed by atoms with van der Waals surface area (Å²) in [5.74, 6) is 0.647. The number of Topliss-reactive ketones (excluding diaryl/α,β-unsaturated/α-hetero) is 1. The zero-order valence-electron chi connectivity index (χ0n) is 18.6. The van der Waals surface area contributed by atoms with Crippen LogP contribution in [0.1, 0.15) is 34.5 Å². The lowest BCUT2D eigenvalue weighted by molar-refractivity contribution is 0.102. The summed E-state index contributed by atoms with van der Waals surface area (Å²) in [5, 5.41) is 0.894. The number of thioether (sulfide) groups is 1. The third kappa shape index (κ3) is 4.40. The molecule has 0 amide bonds. The maximum Gasteiger partial charge on any atom is 0.268 e. The van der Waals surface area contributed by atoms with E-state index < -0.39 is 0 Å². The number of ether oxygens (including phenoxy) is 1. The van der Waals surface area contributed by atoms with E-state index >= 15 is 0 Å². The Balaban J connectivity index is 1.63. The summed E-state index contributed by atoms with van der Waals surface area (Å²) in [5.41, 5.74) is 3.54. The molecular weight excluding hydrogens is 514 g/mol. The van der Waals surface area contributed by atoms with Crippen LogP contribution in [0.15, 0.2) is 69.0 Å². The Morgan fingerprint density at radius 3 is 2.65 bits per heavy atom. The molecule has 4 aromatic rings. The molecule has 0 radical (unpaired) electrons. The number of pyridine rings is 1. The first kappa shape index (κ1) is 22.8. The van der Waals surface area contributed by atoms with Crippen molar-refractivity contribution in [2.75, 3.05) is 12.9 Å². The maximum absolute atomic E-state index is 13.8. The summed E-state index contributed by atoms with van der Waals surface area (Å²) in [6.07, 6.45) is 4.01. The number of para-hydroxylation sites is 2. The maximum atomic E-state index is 13.8. The van der Waals surface area contributed by atoms with Gasteiger partial charge in [0.15, 0.2) is 16.6 Å². The number of nitrogens with zero attached hydrogens (tertiary/aromatic N) is 3. The van der Waals surface area contributed by atoms with Crippen molar-refractivity contribution in [2.24, 2.45) is 0 Å². The fourth-order valence-electron chi connectivity index (χ4n) is 4.19. The summed E-state index contributed by atoms with van der Waals surface area (Å²) in [4.78, 5) is 36.2. The van der Waals surface area contributed by atoms with E-state index in [2.05, 4.69) is 15.9 Å². The number of fused-ring (bicyclic) bond motifs is 2. The highest BCUT2D eigenvalue weighted by atomic mass is 79.9. The molecule has 0 N–H and O–H groups in total. The van der Waals surface area contributed by atoms with Gasteiger partial charge in [0, 0.05) is 15.7 Å².